The van der Waals surface area contributed by atoms with Gasteiger partial charge < -0.3 is 14.5 Å². The van der Waals surface area contributed by atoms with Crippen LogP contribution in [0, 0.1) is 6.92 Å². The van der Waals surface area contributed by atoms with Crippen molar-refractivity contribution < 1.29 is 4.74 Å². The van der Waals surface area contributed by atoms with Crippen molar-refractivity contribution in [2.75, 3.05) is 16.4 Å². The van der Waals surface area contributed by atoms with Gasteiger partial charge >= 0.3 is 0 Å². The number of para-hydroxylation sites is 2. The minimum atomic E-state index is 0.687. The summed E-state index contributed by atoms with van der Waals surface area (Å²) in [5.74, 6) is 0.878. The molecule has 0 heterocycles. The van der Waals surface area contributed by atoms with Gasteiger partial charge in [-0.2, -0.15) is 0 Å². The summed E-state index contributed by atoms with van der Waals surface area (Å²) in [4.78, 5) is 4.57. The Bertz CT molecular complexity index is 1800. The van der Waals surface area contributed by atoms with Crippen LogP contribution >= 0.6 is 0 Å². The normalized spacial score (nSPS) is 10.7. The average molecular weight is 587 g/mol. The Morgan fingerprint density at radius 1 is 0.511 bits per heavy atom. The van der Waals surface area contributed by atoms with Crippen LogP contribution in [0.4, 0.5) is 34.1 Å². The number of aryl methyl sites for hydroxylation is 1. The zero-order valence-corrected chi connectivity index (χ0v) is 25.7. The summed E-state index contributed by atoms with van der Waals surface area (Å²) in [7, 11) is 0. The molecule has 0 aromatic heterocycles. The molecule has 0 N–H and O–H groups in total. The van der Waals surface area contributed by atoms with Gasteiger partial charge in [0, 0.05) is 34.1 Å². The Morgan fingerprint density at radius 3 is 1.44 bits per heavy atom. The highest BCUT2D eigenvalue weighted by atomic mass is 16.5. The summed E-state index contributed by atoms with van der Waals surface area (Å²) in [5, 5.41) is 0. The van der Waals surface area contributed by atoms with E-state index in [-0.39, 0.29) is 0 Å². The summed E-state index contributed by atoms with van der Waals surface area (Å²) >= 11 is 0. The van der Waals surface area contributed by atoms with Gasteiger partial charge in [-0.3, -0.25) is 0 Å². The van der Waals surface area contributed by atoms with Crippen LogP contribution < -0.4 is 14.5 Å². The molecule has 0 amide bonds. The number of rotatable bonds is 12. The molecule has 3 nitrogen and oxygen atoms in total. The predicted octanol–water partition coefficient (Wildman–Crippen LogP) is 11.9. The molecule has 6 aromatic rings. The number of benzene rings is 6. The lowest BCUT2D eigenvalue weighted by atomic mass is 10.0. The van der Waals surface area contributed by atoms with Crippen LogP contribution in [0.1, 0.15) is 18.4 Å². The lowest BCUT2D eigenvalue weighted by Gasteiger charge is -2.26. The maximum Gasteiger partial charge on any atom is 0.119 e. The minimum absolute atomic E-state index is 0.687. The van der Waals surface area contributed by atoms with Gasteiger partial charge in [-0.15, -0.1) is 6.58 Å². The molecular formula is C42H38N2O. The Hall–Kier alpha value is -5.54. The molecule has 0 saturated heterocycles. The zero-order chi connectivity index (χ0) is 30.8. The molecule has 6 aromatic carbocycles. The van der Waals surface area contributed by atoms with Crippen molar-refractivity contribution in [1.29, 1.82) is 0 Å². The van der Waals surface area contributed by atoms with Gasteiger partial charge in [0.1, 0.15) is 5.75 Å². The van der Waals surface area contributed by atoms with E-state index in [0.29, 0.717) is 6.61 Å². The predicted molar refractivity (Wildman–Crippen MR) is 191 cm³/mol. The first-order valence-corrected chi connectivity index (χ1v) is 15.5. The second-order valence-electron chi connectivity index (χ2n) is 11.0. The second-order valence-corrected chi connectivity index (χ2v) is 11.0. The third kappa shape index (κ3) is 7.17. The van der Waals surface area contributed by atoms with Crippen LogP contribution in [0.15, 0.2) is 170 Å². The van der Waals surface area contributed by atoms with Gasteiger partial charge in [-0.1, -0.05) is 78.9 Å². The summed E-state index contributed by atoms with van der Waals surface area (Å²) in [6.45, 7) is 6.61. The molecule has 0 radical (unpaired) electrons. The van der Waals surface area contributed by atoms with Gasteiger partial charge in [-0.05, 0) is 121 Å². The van der Waals surface area contributed by atoms with Crippen LogP contribution in [0.3, 0.4) is 0 Å². The monoisotopic (exact) mass is 586 g/mol. The topological polar surface area (TPSA) is 15.7 Å². The number of hydrogen-bond donors (Lipinski definition) is 0. The fraction of sp³-hybridized carbons (Fsp3) is 0.0952. The Morgan fingerprint density at radius 2 is 0.956 bits per heavy atom. The van der Waals surface area contributed by atoms with Gasteiger partial charge in [0.2, 0.25) is 0 Å². The first-order chi connectivity index (χ1) is 22.2. The number of ether oxygens (including phenoxy) is 1. The Kier molecular flexibility index (Phi) is 9.38. The van der Waals surface area contributed by atoms with Crippen molar-refractivity contribution in [2.45, 2.75) is 19.8 Å². The quantitative estimate of drug-likeness (QED) is 0.105. The minimum Gasteiger partial charge on any atom is -0.494 e. The number of allylic oxidation sites excluding steroid dienone is 1. The average Bonchev–Trinajstić information content (AvgIpc) is 3.09. The third-order valence-electron chi connectivity index (χ3n) is 7.79. The smallest absolute Gasteiger partial charge is 0.119 e. The van der Waals surface area contributed by atoms with Crippen molar-refractivity contribution in [3.8, 4) is 16.9 Å². The molecule has 222 valence electrons. The molecule has 0 aliphatic heterocycles. The van der Waals surface area contributed by atoms with E-state index < -0.39 is 0 Å². The van der Waals surface area contributed by atoms with E-state index in [1.165, 1.54) is 16.7 Å². The fourth-order valence-corrected chi connectivity index (χ4v) is 5.53. The maximum absolute atomic E-state index is 5.93. The van der Waals surface area contributed by atoms with Gasteiger partial charge in [0.15, 0.2) is 0 Å². The van der Waals surface area contributed by atoms with Crippen LogP contribution in [0.5, 0.6) is 5.75 Å². The summed E-state index contributed by atoms with van der Waals surface area (Å²) in [6.07, 6.45) is 3.85. The fourth-order valence-electron chi connectivity index (χ4n) is 5.53. The second kappa shape index (κ2) is 14.3. The molecule has 6 rings (SSSR count). The maximum atomic E-state index is 5.93. The molecule has 0 fully saturated rings. The van der Waals surface area contributed by atoms with Gasteiger partial charge in [0.25, 0.3) is 0 Å². The lowest BCUT2D eigenvalue weighted by molar-refractivity contribution is 0.312. The highest BCUT2D eigenvalue weighted by molar-refractivity contribution is 5.80. The van der Waals surface area contributed by atoms with E-state index >= 15 is 0 Å². The van der Waals surface area contributed by atoms with E-state index in [0.717, 1.165) is 52.7 Å². The van der Waals surface area contributed by atoms with E-state index in [4.69, 9.17) is 4.74 Å². The first-order valence-electron chi connectivity index (χ1n) is 15.5. The molecule has 0 spiro atoms. The standard InChI is InChI=1S/C42H38N2O/c1-3-4-11-31-45-42-29-27-40(28-30-42)43(36-14-7-5-8-15-36)38-23-19-34(20-24-38)35-21-25-39(26-22-35)44(37-16-9-6-10-17-37)41-18-12-13-33(2)32-41/h3,5-10,12-30,32H,1,4,11,31H2,2H3. The number of hydrogen-bond acceptors (Lipinski definition) is 3. The summed E-state index contributed by atoms with van der Waals surface area (Å²) in [6, 6.07) is 55.6. The molecule has 0 atom stereocenters. The molecule has 0 aliphatic carbocycles. The van der Waals surface area contributed by atoms with Crippen molar-refractivity contribution in [3.63, 3.8) is 0 Å². The molecule has 45 heavy (non-hydrogen) atoms. The van der Waals surface area contributed by atoms with E-state index in [1.54, 1.807) is 0 Å². The molecule has 0 unspecified atom stereocenters. The van der Waals surface area contributed by atoms with Crippen LogP contribution in [0.25, 0.3) is 11.1 Å². The van der Waals surface area contributed by atoms with Crippen LogP contribution in [-0.2, 0) is 0 Å². The summed E-state index contributed by atoms with van der Waals surface area (Å²) in [5.41, 5.74) is 10.3. The molecular weight excluding hydrogens is 548 g/mol. The van der Waals surface area contributed by atoms with Crippen LogP contribution in [-0.4, -0.2) is 6.61 Å². The molecule has 0 bridgehead atoms. The Labute approximate surface area is 267 Å². The molecule has 3 heteroatoms. The molecule has 0 aliphatic rings. The number of nitrogens with zero attached hydrogens (tertiary/aromatic N) is 2. The van der Waals surface area contributed by atoms with Crippen molar-refractivity contribution in [1.82, 2.24) is 0 Å². The number of anilines is 6. The largest absolute Gasteiger partial charge is 0.494 e. The van der Waals surface area contributed by atoms with Crippen molar-refractivity contribution in [2.24, 2.45) is 0 Å². The van der Waals surface area contributed by atoms with Gasteiger partial charge in [0.05, 0.1) is 6.61 Å². The first kappa shape index (κ1) is 29.5. The van der Waals surface area contributed by atoms with E-state index in [9.17, 15) is 0 Å². The van der Waals surface area contributed by atoms with Gasteiger partial charge in [-0.25, -0.2) is 0 Å². The third-order valence-corrected chi connectivity index (χ3v) is 7.79. The summed E-state index contributed by atoms with van der Waals surface area (Å²) < 4.78 is 5.93. The van der Waals surface area contributed by atoms with Crippen molar-refractivity contribution >= 4 is 34.1 Å². The lowest BCUT2D eigenvalue weighted by Crippen LogP contribution is -2.10. The highest BCUT2D eigenvalue weighted by Gasteiger charge is 2.14. The van der Waals surface area contributed by atoms with Crippen LogP contribution in [0.2, 0.25) is 0 Å². The van der Waals surface area contributed by atoms with E-state index in [1.807, 2.05) is 24.3 Å². The number of unbranched alkanes of at least 4 members (excludes halogenated alkanes) is 1. The van der Waals surface area contributed by atoms with E-state index in [2.05, 4.69) is 163 Å². The highest BCUT2D eigenvalue weighted by Crippen LogP contribution is 2.38. The van der Waals surface area contributed by atoms with Crippen molar-refractivity contribution in [3.05, 3.63) is 176 Å². The Balaban J connectivity index is 1.26. The SMILES string of the molecule is C=CCCCOc1ccc(N(c2ccccc2)c2ccc(-c3ccc(N(c4ccccc4)c4cccc(C)c4)cc3)cc2)cc1. The molecule has 0 saturated carbocycles. The zero-order valence-electron chi connectivity index (χ0n) is 25.7.